The largest absolute Gasteiger partial charge is 0.481 e. The van der Waals surface area contributed by atoms with Crippen molar-refractivity contribution in [2.75, 3.05) is 0 Å². The van der Waals surface area contributed by atoms with Gasteiger partial charge in [-0.25, -0.2) is 0 Å². The summed E-state index contributed by atoms with van der Waals surface area (Å²) in [7, 11) is 0. The monoisotopic (exact) mass is 485 g/mol. The molecule has 2 aromatic rings. The minimum Gasteiger partial charge on any atom is -0.481 e. The summed E-state index contributed by atoms with van der Waals surface area (Å²) < 4.78 is 1.96. The first-order chi connectivity index (χ1) is 12.1. The first-order valence-electron chi connectivity index (χ1n) is 7.14. The van der Waals surface area contributed by atoms with Crippen LogP contribution in [0.2, 0.25) is 0 Å². The summed E-state index contributed by atoms with van der Waals surface area (Å²) in [6.07, 6.45) is 2.36. The van der Waals surface area contributed by atoms with Gasteiger partial charge in [0.05, 0.1) is 4.92 Å². The summed E-state index contributed by atoms with van der Waals surface area (Å²) in [5.74, 6) is -0.833. The highest BCUT2D eigenvalue weighted by atomic mass is 79.9. The number of nitro groups is 1. The number of carbonyl (C=O) groups excluding carboxylic acids is 1. The Hall–Kier alpha value is -2.32. The zero-order valence-electron chi connectivity index (χ0n) is 14.1. The second kappa shape index (κ2) is 13.0. The van der Waals surface area contributed by atoms with Crippen LogP contribution in [-0.2, 0) is 4.79 Å². The zero-order valence-corrected chi connectivity index (χ0v) is 17.2. The Kier molecular flexibility index (Phi) is 11.8. The Balaban J connectivity index is 0.000000416. The number of carboxylic acids is 1. The predicted octanol–water partition coefficient (Wildman–Crippen LogP) is 5.44. The lowest BCUT2D eigenvalue weighted by Gasteiger charge is -1.93. The molecule has 138 valence electrons. The summed E-state index contributed by atoms with van der Waals surface area (Å²) in [6, 6.07) is 14.5. The number of aldehydes is 1. The number of benzene rings is 2. The van der Waals surface area contributed by atoms with Gasteiger partial charge in [0, 0.05) is 34.4 Å². The molecule has 0 atom stereocenters. The molecule has 0 heterocycles. The molecule has 8 heteroatoms. The minimum atomic E-state index is -0.833. The Morgan fingerprint density at radius 3 is 1.62 bits per heavy atom. The molecule has 0 unspecified atom stereocenters. The average molecular weight is 487 g/mol. The molecule has 0 bridgehead atoms. The second-order valence-electron chi connectivity index (χ2n) is 4.78. The summed E-state index contributed by atoms with van der Waals surface area (Å²) in [5, 5.41) is 17.7. The molecule has 0 amide bonds. The van der Waals surface area contributed by atoms with E-state index < -0.39 is 10.9 Å². The molecule has 0 spiro atoms. The van der Waals surface area contributed by atoms with Gasteiger partial charge in [-0.05, 0) is 29.8 Å². The van der Waals surface area contributed by atoms with Crippen molar-refractivity contribution in [1.82, 2.24) is 0 Å². The Morgan fingerprint density at radius 1 is 0.962 bits per heavy atom. The molecular formula is C18H17Br2NO5. The van der Waals surface area contributed by atoms with Crippen molar-refractivity contribution in [3.63, 3.8) is 0 Å². The average Bonchev–Trinajstić information content (AvgIpc) is 2.57. The molecule has 0 aliphatic carbocycles. The van der Waals surface area contributed by atoms with Crippen molar-refractivity contribution in [2.45, 2.75) is 13.8 Å². The minimum absolute atomic E-state index is 0.141. The highest BCUT2D eigenvalue weighted by molar-refractivity contribution is 9.10. The fraction of sp³-hybridized carbons (Fsp3) is 0.111. The highest BCUT2D eigenvalue weighted by Gasteiger charge is 2.01. The molecule has 0 aromatic heterocycles. The van der Waals surface area contributed by atoms with Crippen LogP contribution in [0.25, 0.3) is 6.08 Å². The Labute approximate surface area is 168 Å². The van der Waals surface area contributed by atoms with Crippen LogP contribution in [0.1, 0.15) is 29.8 Å². The van der Waals surface area contributed by atoms with Gasteiger partial charge in [0.1, 0.15) is 6.29 Å². The van der Waals surface area contributed by atoms with E-state index in [0.29, 0.717) is 5.56 Å². The number of rotatable bonds is 3. The summed E-state index contributed by atoms with van der Waals surface area (Å²) in [6.45, 7) is 2.56. The number of halogens is 2. The predicted molar refractivity (Wildman–Crippen MR) is 108 cm³/mol. The molecule has 1 N–H and O–H groups in total. The van der Waals surface area contributed by atoms with Crippen LogP contribution in [0.3, 0.4) is 0 Å². The number of hydrogen-bond acceptors (Lipinski definition) is 4. The maximum Gasteiger partial charge on any atom is 0.300 e. The molecule has 0 radical (unpaired) electrons. The molecule has 0 aliphatic rings. The van der Waals surface area contributed by atoms with E-state index in [0.717, 1.165) is 27.7 Å². The van der Waals surface area contributed by atoms with Gasteiger partial charge in [0.2, 0.25) is 5.70 Å². The molecular weight excluding hydrogens is 470 g/mol. The lowest BCUT2D eigenvalue weighted by Crippen LogP contribution is -1.92. The van der Waals surface area contributed by atoms with Crippen molar-refractivity contribution in [3.05, 3.63) is 84.4 Å². The van der Waals surface area contributed by atoms with E-state index in [1.165, 1.54) is 13.0 Å². The quantitative estimate of drug-likeness (QED) is 0.354. The lowest BCUT2D eigenvalue weighted by atomic mass is 10.2. The van der Waals surface area contributed by atoms with Gasteiger partial charge in [0.25, 0.3) is 5.97 Å². The molecule has 0 saturated carbocycles. The van der Waals surface area contributed by atoms with Crippen molar-refractivity contribution in [1.29, 1.82) is 0 Å². The Bertz CT molecular complexity index is 752. The van der Waals surface area contributed by atoms with Gasteiger partial charge in [-0.15, -0.1) is 0 Å². The van der Waals surface area contributed by atoms with E-state index in [2.05, 4.69) is 31.9 Å². The van der Waals surface area contributed by atoms with Gasteiger partial charge in [-0.1, -0.05) is 56.1 Å². The SMILES string of the molecule is C/C(=C/c1ccc(Br)cc1)[N+](=O)[O-].CC(=O)O.O=Cc1ccc(Br)cc1. The zero-order chi connectivity index (χ0) is 20.1. The summed E-state index contributed by atoms with van der Waals surface area (Å²) in [4.78, 5) is 29.0. The Morgan fingerprint density at radius 2 is 1.31 bits per heavy atom. The maximum absolute atomic E-state index is 10.3. The smallest absolute Gasteiger partial charge is 0.300 e. The van der Waals surface area contributed by atoms with E-state index in [9.17, 15) is 14.9 Å². The van der Waals surface area contributed by atoms with Crippen molar-refractivity contribution >= 4 is 50.2 Å². The van der Waals surface area contributed by atoms with Crippen LogP contribution in [-0.4, -0.2) is 22.3 Å². The van der Waals surface area contributed by atoms with E-state index in [4.69, 9.17) is 9.90 Å². The first-order valence-corrected chi connectivity index (χ1v) is 8.72. The summed E-state index contributed by atoms with van der Waals surface area (Å²) in [5.41, 5.74) is 1.68. The van der Waals surface area contributed by atoms with Crippen molar-refractivity contribution in [3.8, 4) is 0 Å². The van der Waals surface area contributed by atoms with Crippen molar-refractivity contribution < 1.29 is 19.6 Å². The van der Waals surface area contributed by atoms with Crippen LogP contribution in [0.5, 0.6) is 0 Å². The third-order valence-corrected chi connectivity index (χ3v) is 3.60. The van der Waals surface area contributed by atoms with Crippen LogP contribution in [0, 0.1) is 10.1 Å². The van der Waals surface area contributed by atoms with E-state index in [-0.39, 0.29) is 5.70 Å². The molecule has 0 saturated heterocycles. The van der Waals surface area contributed by atoms with Gasteiger partial charge in [-0.3, -0.25) is 19.7 Å². The van der Waals surface area contributed by atoms with Crippen LogP contribution < -0.4 is 0 Å². The van der Waals surface area contributed by atoms with E-state index in [1.54, 1.807) is 12.1 Å². The van der Waals surface area contributed by atoms with Crippen LogP contribution >= 0.6 is 31.9 Å². The normalized spacial score (nSPS) is 9.77. The van der Waals surface area contributed by atoms with Crippen molar-refractivity contribution in [2.24, 2.45) is 0 Å². The number of allylic oxidation sites excluding steroid dienone is 1. The fourth-order valence-corrected chi connectivity index (χ4v) is 1.92. The number of hydrogen-bond donors (Lipinski definition) is 1. The topological polar surface area (TPSA) is 97.5 Å². The van der Waals surface area contributed by atoms with E-state index >= 15 is 0 Å². The molecule has 2 rings (SSSR count). The number of carboxylic acid groups (broad SMARTS) is 1. The van der Waals surface area contributed by atoms with Gasteiger partial charge < -0.3 is 5.11 Å². The van der Waals surface area contributed by atoms with Gasteiger partial charge >= 0.3 is 0 Å². The number of carbonyl (C=O) groups is 2. The lowest BCUT2D eigenvalue weighted by molar-refractivity contribution is -0.422. The number of nitrogens with zero attached hydrogens (tertiary/aromatic N) is 1. The van der Waals surface area contributed by atoms with Crippen LogP contribution in [0.15, 0.2) is 63.2 Å². The first kappa shape index (κ1) is 23.7. The molecule has 0 aliphatic heterocycles. The molecule has 26 heavy (non-hydrogen) atoms. The third-order valence-electron chi connectivity index (χ3n) is 2.54. The maximum atomic E-state index is 10.3. The van der Waals surface area contributed by atoms with Gasteiger partial charge in [-0.2, -0.15) is 0 Å². The third kappa shape index (κ3) is 12.1. The standard InChI is InChI=1S/C9H8BrNO2.C7H5BrO.C2H4O2/c1-7(11(12)13)6-8-2-4-9(10)5-3-8;8-7-3-1-6(5-9)2-4-7;1-2(3)4/h2-6H,1H3;1-5H;1H3,(H,3,4)/b7-6-;;. The second-order valence-corrected chi connectivity index (χ2v) is 6.61. The van der Waals surface area contributed by atoms with Crippen LogP contribution in [0.4, 0.5) is 0 Å². The van der Waals surface area contributed by atoms with E-state index in [1.807, 2.05) is 36.4 Å². The van der Waals surface area contributed by atoms with Gasteiger partial charge in [0.15, 0.2) is 0 Å². The molecule has 6 nitrogen and oxygen atoms in total. The molecule has 0 fully saturated rings. The molecule has 2 aromatic carbocycles. The number of aliphatic carboxylic acids is 1. The fourth-order valence-electron chi connectivity index (χ4n) is 1.39. The highest BCUT2D eigenvalue weighted by Crippen LogP contribution is 2.13. The summed E-state index contributed by atoms with van der Waals surface area (Å²) >= 11 is 6.54.